The van der Waals surface area contributed by atoms with Crippen molar-refractivity contribution in [2.45, 2.75) is 19.1 Å². The first-order valence-corrected chi connectivity index (χ1v) is 8.98. The molecule has 0 saturated heterocycles. The predicted molar refractivity (Wildman–Crippen MR) is 105 cm³/mol. The number of aromatic nitrogens is 4. The first-order chi connectivity index (χ1) is 14.2. The Balaban J connectivity index is 1.65. The molecular formula is C20H17F3N6O. The molecule has 7 nitrogen and oxygen atoms in total. The van der Waals surface area contributed by atoms with Gasteiger partial charge in [0.2, 0.25) is 0 Å². The molecule has 0 bridgehead atoms. The highest BCUT2D eigenvalue weighted by atomic mass is 19.4. The van der Waals surface area contributed by atoms with E-state index in [1.165, 1.54) is 11.0 Å². The zero-order valence-corrected chi connectivity index (χ0v) is 16.1. The number of alkyl halides is 3. The third-order valence-corrected chi connectivity index (χ3v) is 5.07. The molecule has 4 aromatic rings. The number of fused-ring (bicyclic) bond motifs is 3. The second kappa shape index (κ2) is 6.97. The number of anilines is 1. The highest BCUT2D eigenvalue weighted by Gasteiger charge is 2.31. The van der Waals surface area contributed by atoms with Gasteiger partial charge in [-0.1, -0.05) is 0 Å². The fraction of sp³-hybridized carbons (Fsp3) is 0.200. The van der Waals surface area contributed by atoms with E-state index in [0.29, 0.717) is 33.6 Å². The Morgan fingerprint density at radius 1 is 1.17 bits per heavy atom. The van der Waals surface area contributed by atoms with Crippen LogP contribution in [0.3, 0.4) is 0 Å². The average Bonchev–Trinajstić information content (AvgIpc) is 3.22. The number of carbonyl (C=O) groups is 1. The number of pyridine rings is 1. The minimum Gasteiger partial charge on any atom is -0.382 e. The zero-order chi connectivity index (χ0) is 21.6. The minimum atomic E-state index is -4.46. The number of hydrogen-bond acceptors (Lipinski definition) is 5. The van der Waals surface area contributed by atoms with Gasteiger partial charge in [0.05, 0.1) is 40.9 Å². The summed E-state index contributed by atoms with van der Waals surface area (Å²) in [4.78, 5) is 26.7. The topological polar surface area (TPSA) is 89.4 Å². The van der Waals surface area contributed by atoms with Gasteiger partial charge in [0.1, 0.15) is 11.3 Å². The van der Waals surface area contributed by atoms with Crippen molar-refractivity contribution in [1.82, 2.24) is 24.3 Å². The molecule has 0 aliphatic heterocycles. The highest BCUT2D eigenvalue weighted by Crippen LogP contribution is 2.30. The van der Waals surface area contributed by atoms with Crippen LogP contribution in [0.1, 0.15) is 34.6 Å². The van der Waals surface area contributed by atoms with E-state index in [4.69, 9.17) is 5.73 Å². The molecule has 0 aliphatic rings. The number of carbonyl (C=O) groups excluding carboxylic acids is 1. The van der Waals surface area contributed by atoms with Crippen LogP contribution in [0.2, 0.25) is 0 Å². The summed E-state index contributed by atoms with van der Waals surface area (Å²) in [6.07, 6.45) is -0.521. The minimum absolute atomic E-state index is 0.309. The molecule has 2 N–H and O–H groups in total. The molecule has 1 amide bonds. The lowest BCUT2D eigenvalue weighted by molar-refractivity contribution is -0.137. The standard InChI is InChI=1S/C20H17F3N6O/c1-11(14-6-4-13(8-26-14)20(21,22)23)28(2)19(30)12-3-5-15-16(7-12)29-10-25-9-17(29)18(24)27-15/h3-11H,1-2H3,(H2,24,27). The number of hydrogen-bond donors (Lipinski definition) is 1. The quantitative estimate of drug-likeness (QED) is 0.552. The van der Waals surface area contributed by atoms with Crippen LogP contribution in [0.4, 0.5) is 19.0 Å². The van der Waals surface area contributed by atoms with Gasteiger partial charge in [-0.15, -0.1) is 0 Å². The number of halogens is 3. The van der Waals surface area contributed by atoms with Crippen LogP contribution in [-0.4, -0.2) is 37.2 Å². The largest absolute Gasteiger partial charge is 0.417 e. The molecule has 154 valence electrons. The van der Waals surface area contributed by atoms with Crippen molar-refractivity contribution in [3.05, 3.63) is 65.9 Å². The SMILES string of the molecule is CC(c1ccc(C(F)(F)F)cn1)N(C)C(=O)c1ccc2nc(N)c3cncn3c2c1. The highest BCUT2D eigenvalue weighted by molar-refractivity contribution is 5.98. The van der Waals surface area contributed by atoms with E-state index in [1.54, 1.807) is 49.1 Å². The second-order valence-corrected chi connectivity index (χ2v) is 6.91. The first-order valence-electron chi connectivity index (χ1n) is 8.98. The summed E-state index contributed by atoms with van der Waals surface area (Å²) in [7, 11) is 1.57. The molecule has 3 aromatic heterocycles. The molecular weight excluding hydrogens is 397 g/mol. The summed E-state index contributed by atoms with van der Waals surface area (Å²) >= 11 is 0. The van der Waals surface area contributed by atoms with E-state index in [9.17, 15) is 18.0 Å². The number of nitrogens with zero attached hydrogens (tertiary/aromatic N) is 5. The Morgan fingerprint density at radius 3 is 2.60 bits per heavy atom. The van der Waals surface area contributed by atoms with Crippen molar-refractivity contribution in [2.75, 3.05) is 12.8 Å². The number of amides is 1. The zero-order valence-electron chi connectivity index (χ0n) is 16.1. The van der Waals surface area contributed by atoms with Gasteiger partial charge in [-0.3, -0.25) is 14.2 Å². The molecule has 10 heteroatoms. The van der Waals surface area contributed by atoms with Gasteiger partial charge < -0.3 is 10.6 Å². The fourth-order valence-electron chi connectivity index (χ4n) is 3.21. The van der Waals surface area contributed by atoms with Crippen LogP contribution in [0.5, 0.6) is 0 Å². The van der Waals surface area contributed by atoms with Gasteiger partial charge >= 0.3 is 6.18 Å². The maximum atomic E-state index is 13.0. The lowest BCUT2D eigenvalue weighted by Crippen LogP contribution is -2.30. The second-order valence-electron chi connectivity index (χ2n) is 6.91. The van der Waals surface area contributed by atoms with Crippen molar-refractivity contribution >= 4 is 28.3 Å². The Morgan fingerprint density at radius 2 is 1.93 bits per heavy atom. The van der Waals surface area contributed by atoms with Gasteiger partial charge in [-0.05, 0) is 37.3 Å². The summed E-state index contributed by atoms with van der Waals surface area (Å²) in [6.45, 7) is 1.70. The number of rotatable bonds is 3. The third kappa shape index (κ3) is 3.30. The summed E-state index contributed by atoms with van der Waals surface area (Å²) in [5.41, 5.74) is 7.74. The maximum absolute atomic E-state index is 13.0. The van der Waals surface area contributed by atoms with Gasteiger partial charge in [0.25, 0.3) is 5.91 Å². The molecule has 0 aliphatic carbocycles. The smallest absolute Gasteiger partial charge is 0.382 e. The molecule has 1 aromatic carbocycles. The summed E-state index contributed by atoms with van der Waals surface area (Å²) in [6, 6.07) is 6.70. The number of imidazole rings is 1. The van der Waals surface area contributed by atoms with E-state index < -0.39 is 17.8 Å². The molecule has 30 heavy (non-hydrogen) atoms. The summed E-state index contributed by atoms with van der Waals surface area (Å²) in [5.74, 6) is 0.0226. The third-order valence-electron chi connectivity index (χ3n) is 5.07. The van der Waals surface area contributed by atoms with Crippen molar-refractivity contribution < 1.29 is 18.0 Å². The van der Waals surface area contributed by atoms with E-state index in [-0.39, 0.29) is 5.91 Å². The van der Waals surface area contributed by atoms with Crippen molar-refractivity contribution in [3.8, 4) is 0 Å². The fourth-order valence-corrected chi connectivity index (χ4v) is 3.21. The number of benzene rings is 1. The summed E-state index contributed by atoms with van der Waals surface area (Å²) in [5, 5.41) is 0. The van der Waals surface area contributed by atoms with E-state index in [1.807, 2.05) is 0 Å². The monoisotopic (exact) mass is 414 g/mol. The van der Waals surface area contributed by atoms with Gasteiger partial charge in [0, 0.05) is 18.8 Å². The Hall–Kier alpha value is -3.69. The van der Waals surface area contributed by atoms with E-state index in [0.717, 1.165) is 12.3 Å². The van der Waals surface area contributed by atoms with Crippen LogP contribution in [0.15, 0.2) is 49.1 Å². The molecule has 1 atom stereocenters. The normalized spacial score (nSPS) is 13.0. The summed E-state index contributed by atoms with van der Waals surface area (Å²) < 4.78 is 40.0. The maximum Gasteiger partial charge on any atom is 0.417 e. The molecule has 0 saturated carbocycles. The molecule has 4 rings (SSSR count). The molecule has 0 radical (unpaired) electrons. The van der Waals surface area contributed by atoms with Gasteiger partial charge in [0.15, 0.2) is 0 Å². The first kappa shape index (κ1) is 19.6. The van der Waals surface area contributed by atoms with Crippen LogP contribution in [0.25, 0.3) is 16.6 Å². The molecule has 3 heterocycles. The van der Waals surface area contributed by atoms with Crippen LogP contribution < -0.4 is 5.73 Å². The number of nitrogens with two attached hydrogens (primary N) is 1. The Bertz CT molecular complexity index is 1250. The molecule has 0 spiro atoms. The Labute approximate surface area is 169 Å². The number of nitrogen functional groups attached to an aromatic ring is 1. The van der Waals surface area contributed by atoms with Gasteiger partial charge in [-0.25, -0.2) is 9.97 Å². The average molecular weight is 414 g/mol. The van der Waals surface area contributed by atoms with Crippen LogP contribution >= 0.6 is 0 Å². The lowest BCUT2D eigenvalue weighted by Gasteiger charge is -2.25. The predicted octanol–water partition coefficient (Wildman–Crippen LogP) is 3.71. The van der Waals surface area contributed by atoms with Crippen LogP contribution in [0, 0.1) is 0 Å². The van der Waals surface area contributed by atoms with Gasteiger partial charge in [-0.2, -0.15) is 13.2 Å². The van der Waals surface area contributed by atoms with Crippen LogP contribution in [-0.2, 0) is 6.18 Å². The molecule has 1 unspecified atom stereocenters. The van der Waals surface area contributed by atoms with E-state index in [2.05, 4.69) is 15.0 Å². The van der Waals surface area contributed by atoms with Crippen molar-refractivity contribution in [3.63, 3.8) is 0 Å². The van der Waals surface area contributed by atoms with Crippen molar-refractivity contribution in [2.24, 2.45) is 0 Å². The van der Waals surface area contributed by atoms with Crippen molar-refractivity contribution in [1.29, 1.82) is 0 Å². The molecule has 0 fully saturated rings. The Kier molecular flexibility index (Phi) is 4.56. The van der Waals surface area contributed by atoms with E-state index >= 15 is 0 Å². The lowest BCUT2D eigenvalue weighted by atomic mass is 10.1.